The minimum atomic E-state index is -1.44. The van der Waals surface area contributed by atoms with E-state index in [2.05, 4.69) is 0 Å². The van der Waals surface area contributed by atoms with Gasteiger partial charge in [0.05, 0.1) is 0 Å². The number of carboxylic acids is 3. The Hall–Kier alpha value is -0.140. The quantitative estimate of drug-likeness (QED) is 0.248. The van der Waals surface area contributed by atoms with Gasteiger partial charge in [0.1, 0.15) is 0 Å². The van der Waals surface area contributed by atoms with Crippen molar-refractivity contribution in [2.75, 3.05) is 0 Å². The third-order valence-electron chi connectivity index (χ3n) is 0.0956. The van der Waals surface area contributed by atoms with Crippen molar-refractivity contribution in [2.45, 2.75) is 13.8 Å². The first-order valence-corrected chi connectivity index (χ1v) is 2.76. The van der Waals surface area contributed by atoms with Crippen LogP contribution in [0.3, 0.4) is 0 Å². The Bertz CT molecular complexity index is 205. The van der Waals surface area contributed by atoms with E-state index >= 15 is 0 Å². The van der Waals surface area contributed by atoms with E-state index < -0.39 is 17.9 Å². The molecule has 0 saturated carbocycles. The van der Waals surface area contributed by atoms with E-state index in [0.717, 1.165) is 19.9 Å². The maximum absolute atomic E-state index is 9.01. The van der Waals surface area contributed by atoms with Crippen molar-refractivity contribution in [1.82, 2.24) is 0 Å². The van der Waals surface area contributed by atoms with Crippen molar-refractivity contribution < 1.29 is 35.2 Å². The molecule has 0 radical (unpaired) electrons. The maximum atomic E-state index is 9.01. The van der Waals surface area contributed by atoms with Gasteiger partial charge in [-0.15, -0.1) is 0 Å². The third kappa shape index (κ3) is 663. The van der Waals surface area contributed by atoms with E-state index in [9.17, 15) is 0 Å². The van der Waals surface area contributed by atoms with Crippen molar-refractivity contribution in [3.8, 4) is 6.07 Å². The zero-order valence-corrected chi connectivity index (χ0v) is 7.51. The van der Waals surface area contributed by atoms with E-state index in [1.807, 2.05) is 0 Å². The van der Waals surface area contributed by atoms with Gasteiger partial charge in [-0.25, -0.2) is 4.79 Å². The predicted molar refractivity (Wildman–Crippen MR) is 57.8 cm³/mol. The van der Waals surface area contributed by atoms with Crippen LogP contribution in [0, 0.1) is 11.3 Å². The van der Waals surface area contributed by atoms with Crippen molar-refractivity contribution in [3.05, 3.63) is 0 Å². The predicted octanol–water partition coefficient (Wildman–Crippen LogP) is -2.35. The van der Waals surface area contributed by atoms with E-state index in [0.29, 0.717) is 0 Å². The molecule has 5 N–H and O–H groups in total. The Morgan fingerprint density at radius 1 is 0.938 bits per heavy atom. The Morgan fingerprint density at radius 3 is 1.00 bits per heavy atom. The molecule has 86 valence electrons. The SMILES string of the molecule is CC(=O)O.CC(=O)O.N#CC(=O)O.O.[NaH].[NaH]. The van der Waals surface area contributed by atoms with Gasteiger partial charge in [0, 0.05) is 13.8 Å². The summed E-state index contributed by atoms with van der Waals surface area (Å²) in [6.07, 6.45) is 0. The topological polar surface area (TPSA) is 167 Å². The first kappa shape index (κ1) is 36.0. The van der Waals surface area contributed by atoms with Gasteiger partial charge in [0.25, 0.3) is 11.9 Å². The Labute approximate surface area is 136 Å². The summed E-state index contributed by atoms with van der Waals surface area (Å²) in [4.78, 5) is 27.0. The average Bonchev–Trinajstić information content (AvgIpc) is 1.84. The fourth-order valence-electron chi connectivity index (χ4n) is 0. The molecule has 0 aromatic carbocycles. The van der Waals surface area contributed by atoms with Gasteiger partial charge in [0.15, 0.2) is 6.07 Å². The normalized spacial score (nSPS) is 4.81. The number of hydrogen-bond donors (Lipinski definition) is 3. The summed E-state index contributed by atoms with van der Waals surface area (Å²) in [5.74, 6) is -3.11. The molecule has 0 aromatic heterocycles. The molecular formula is C6H13NNa2O7. The molecule has 8 nitrogen and oxygen atoms in total. The molecule has 16 heavy (non-hydrogen) atoms. The molecule has 0 aliphatic rings. The fraction of sp³-hybridized carbons (Fsp3) is 0.333. The van der Waals surface area contributed by atoms with Crippen molar-refractivity contribution in [3.63, 3.8) is 0 Å². The summed E-state index contributed by atoms with van der Waals surface area (Å²) < 4.78 is 0. The molecule has 0 bridgehead atoms. The zero-order chi connectivity index (χ0) is 11.4. The fourth-order valence-corrected chi connectivity index (χ4v) is 0. The Morgan fingerprint density at radius 2 is 1.00 bits per heavy atom. The van der Waals surface area contributed by atoms with E-state index in [4.69, 9.17) is 35.0 Å². The molecule has 0 atom stereocenters. The number of aliphatic carboxylic acids is 3. The second kappa shape index (κ2) is 29.4. The van der Waals surface area contributed by atoms with Gasteiger partial charge in [0.2, 0.25) is 0 Å². The minimum absolute atomic E-state index is 0. The molecule has 0 heterocycles. The molecule has 0 amide bonds. The summed E-state index contributed by atoms with van der Waals surface area (Å²) >= 11 is 0. The Kier molecular flexibility index (Phi) is 66.1. The summed E-state index contributed by atoms with van der Waals surface area (Å²) in [5.41, 5.74) is 0. The molecule has 10 heteroatoms. The van der Waals surface area contributed by atoms with Gasteiger partial charge in [-0.1, -0.05) is 0 Å². The van der Waals surface area contributed by atoms with Crippen LogP contribution in [0.4, 0.5) is 0 Å². The van der Waals surface area contributed by atoms with Crippen LogP contribution < -0.4 is 0 Å². The summed E-state index contributed by atoms with van der Waals surface area (Å²) in [6, 6.07) is 0.944. The van der Waals surface area contributed by atoms with Crippen molar-refractivity contribution >= 4 is 77.0 Å². The van der Waals surface area contributed by atoms with E-state index in [1.54, 1.807) is 0 Å². The molecule has 0 saturated heterocycles. The molecule has 0 aromatic rings. The second-order valence-electron chi connectivity index (χ2n) is 1.45. The van der Waals surface area contributed by atoms with Crippen LogP contribution in [0.15, 0.2) is 0 Å². The first-order valence-electron chi connectivity index (χ1n) is 2.76. The van der Waals surface area contributed by atoms with Crippen LogP contribution in [-0.2, 0) is 14.4 Å². The number of nitriles is 1. The molecule has 0 aliphatic heterocycles. The van der Waals surface area contributed by atoms with Crippen LogP contribution in [0.5, 0.6) is 0 Å². The standard InChI is InChI=1S/C2HNO2.2C2H4O2.2Na.H2O.2H/c3-1-2(4)5;2*1-2(3)4;;;;;/h(H,4,5);2*1H3,(H,3,4);;;1H2;;. The number of hydrogen-bond acceptors (Lipinski definition) is 4. The van der Waals surface area contributed by atoms with Gasteiger partial charge < -0.3 is 20.8 Å². The Balaban J connectivity index is -0.0000000216. The molecule has 0 spiro atoms. The monoisotopic (exact) mass is 257 g/mol. The van der Waals surface area contributed by atoms with Crippen molar-refractivity contribution in [1.29, 1.82) is 5.26 Å². The zero-order valence-electron chi connectivity index (χ0n) is 7.51. The second-order valence-corrected chi connectivity index (χ2v) is 1.45. The number of carboxylic acid groups (broad SMARTS) is 3. The van der Waals surface area contributed by atoms with Crippen LogP contribution in [0.1, 0.15) is 13.8 Å². The molecule has 0 aliphatic carbocycles. The number of carbonyl (C=O) groups is 3. The summed E-state index contributed by atoms with van der Waals surface area (Å²) in [5, 5.41) is 29.5. The molecule has 0 rings (SSSR count). The van der Waals surface area contributed by atoms with Crippen LogP contribution >= 0.6 is 0 Å². The first-order chi connectivity index (χ1) is 5.73. The molecule has 0 unspecified atom stereocenters. The van der Waals surface area contributed by atoms with Crippen LogP contribution in [0.25, 0.3) is 0 Å². The van der Waals surface area contributed by atoms with E-state index in [-0.39, 0.29) is 64.6 Å². The van der Waals surface area contributed by atoms with Gasteiger partial charge in [-0.3, -0.25) is 9.59 Å². The summed E-state index contributed by atoms with van der Waals surface area (Å²) in [6.45, 7) is 2.17. The van der Waals surface area contributed by atoms with E-state index in [1.165, 1.54) is 0 Å². The van der Waals surface area contributed by atoms with Gasteiger partial charge in [-0.2, -0.15) is 5.26 Å². The average molecular weight is 257 g/mol. The summed E-state index contributed by atoms with van der Waals surface area (Å²) in [7, 11) is 0. The molecular weight excluding hydrogens is 244 g/mol. The van der Waals surface area contributed by atoms with Crippen LogP contribution in [0.2, 0.25) is 0 Å². The van der Waals surface area contributed by atoms with Gasteiger partial charge in [-0.05, 0) is 0 Å². The third-order valence-corrected chi connectivity index (χ3v) is 0.0956. The van der Waals surface area contributed by atoms with Crippen molar-refractivity contribution in [2.24, 2.45) is 0 Å². The number of nitrogens with zero attached hydrogens (tertiary/aromatic N) is 1. The molecule has 0 fully saturated rings. The van der Waals surface area contributed by atoms with Crippen LogP contribution in [-0.4, -0.2) is 97.8 Å². The van der Waals surface area contributed by atoms with Gasteiger partial charge >= 0.3 is 65.1 Å². The number of rotatable bonds is 0.